The first-order valence-corrected chi connectivity index (χ1v) is 8.22. The first kappa shape index (κ1) is 18.5. The molecule has 0 radical (unpaired) electrons. The van der Waals surface area contributed by atoms with Crippen molar-refractivity contribution >= 4 is 5.91 Å². The third kappa shape index (κ3) is 5.36. The predicted molar refractivity (Wildman–Crippen MR) is 92.3 cm³/mol. The molecule has 124 valence electrons. The largest absolute Gasteiger partial charge is 0.481 e. The Labute approximate surface area is 135 Å². The number of amides is 1. The standard InChI is InChI=1S/C19H31NO2/c1-8-17(18(21)20-14(4)13(2)3)22-16-11-9-15(10-12-16)19(5,6)7/h9-14,17H,8H2,1-7H3,(H,20,21)/t14-,17+/m0/s1. The van der Waals surface area contributed by atoms with E-state index in [1.165, 1.54) is 5.56 Å². The SMILES string of the molecule is CC[C@@H](Oc1ccc(C(C)(C)C)cc1)C(=O)N[C@@H](C)C(C)C. The van der Waals surface area contributed by atoms with Crippen molar-refractivity contribution in [1.29, 1.82) is 0 Å². The van der Waals surface area contributed by atoms with E-state index in [9.17, 15) is 4.79 Å². The molecule has 0 heterocycles. The van der Waals surface area contributed by atoms with Crippen LogP contribution in [-0.2, 0) is 10.2 Å². The van der Waals surface area contributed by atoms with Crippen molar-refractivity contribution in [3.63, 3.8) is 0 Å². The lowest BCUT2D eigenvalue weighted by Gasteiger charge is -2.23. The summed E-state index contributed by atoms with van der Waals surface area (Å²) in [7, 11) is 0. The van der Waals surface area contributed by atoms with Crippen LogP contribution >= 0.6 is 0 Å². The number of carbonyl (C=O) groups is 1. The lowest BCUT2D eigenvalue weighted by atomic mass is 9.87. The molecule has 22 heavy (non-hydrogen) atoms. The predicted octanol–water partition coefficient (Wildman–Crippen LogP) is 4.30. The third-order valence-electron chi connectivity index (χ3n) is 4.03. The Morgan fingerprint density at radius 3 is 2.09 bits per heavy atom. The molecule has 0 unspecified atom stereocenters. The van der Waals surface area contributed by atoms with Gasteiger partial charge in [-0.2, -0.15) is 0 Å². The second kappa shape index (κ2) is 7.66. The molecule has 0 fully saturated rings. The summed E-state index contributed by atoms with van der Waals surface area (Å²) in [4.78, 5) is 12.3. The summed E-state index contributed by atoms with van der Waals surface area (Å²) < 4.78 is 5.86. The van der Waals surface area contributed by atoms with Crippen molar-refractivity contribution in [2.45, 2.75) is 72.4 Å². The van der Waals surface area contributed by atoms with Crippen LogP contribution in [0.15, 0.2) is 24.3 Å². The summed E-state index contributed by atoms with van der Waals surface area (Å²) in [5, 5.41) is 3.02. The average molecular weight is 305 g/mol. The summed E-state index contributed by atoms with van der Waals surface area (Å²) >= 11 is 0. The van der Waals surface area contributed by atoms with Crippen molar-refractivity contribution in [3.05, 3.63) is 29.8 Å². The summed E-state index contributed by atoms with van der Waals surface area (Å²) in [5.74, 6) is 1.11. The molecule has 0 spiro atoms. The Balaban J connectivity index is 2.72. The maximum absolute atomic E-state index is 12.3. The van der Waals surface area contributed by atoms with Gasteiger partial charge in [0.15, 0.2) is 6.10 Å². The molecule has 0 aliphatic heterocycles. The van der Waals surface area contributed by atoms with Crippen molar-refractivity contribution in [2.24, 2.45) is 5.92 Å². The Kier molecular flexibility index (Phi) is 6.46. The fourth-order valence-electron chi connectivity index (χ4n) is 2.00. The molecule has 1 aromatic rings. The highest BCUT2D eigenvalue weighted by molar-refractivity contribution is 5.81. The molecule has 1 N–H and O–H groups in total. The number of hydrogen-bond acceptors (Lipinski definition) is 2. The highest BCUT2D eigenvalue weighted by atomic mass is 16.5. The smallest absolute Gasteiger partial charge is 0.261 e. The van der Waals surface area contributed by atoms with Gasteiger partial charge in [-0.05, 0) is 42.4 Å². The summed E-state index contributed by atoms with van der Waals surface area (Å²) in [6.07, 6.45) is 0.208. The molecule has 3 nitrogen and oxygen atoms in total. The minimum atomic E-state index is -0.443. The number of nitrogens with one attached hydrogen (secondary N) is 1. The minimum Gasteiger partial charge on any atom is -0.481 e. The molecule has 0 aromatic heterocycles. The molecule has 3 heteroatoms. The monoisotopic (exact) mass is 305 g/mol. The van der Waals surface area contributed by atoms with Crippen LogP contribution in [0.5, 0.6) is 5.75 Å². The van der Waals surface area contributed by atoms with Gasteiger partial charge in [-0.1, -0.05) is 53.7 Å². The number of benzene rings is 1. The lowest BCUT2D eigenvalue weighted by molar-refractivity contribution is -0.129. The molecule has 0 aliphatic rings. The molecular formula is C19H31NO2. The zero-order chi connectivity index (χ0) is 16.9. The van der Waals surface area contributed by atoms with Gasteiger partial charge in [0.25, 0.3) is 5.91 Å². The Morgan fingerprint density at radius 2 is 1.68 bits per heavy atom. The number of rotatable bonds is 6. The van der Waals surface area contributed by atoms with Gasteiger partial charge in [0.05, 0.1) is 0 Å². The first-order chi connectivity index (χ1) is 10.1. The Morgan fingerprint density at radius 1 is 1.14 bits per heavy atom. The third-order valence-corrected chi connectivity index (χ3v) is 4.03. The van der Waals surface area contributed by atoms with Gasteiger partial charge in [0.2, 0.25) is 0 Å². The van der Waals surface area contributed by atoms with Gasteiger partial charge in [-0.25, -0.2) is 0 Å². The van der Waals surface area contributed by atoms with E-state index in [-0.39, 0.29) is 17.4 Å². The van der Waals surface area contributed by atoms with E-state index >= 15 is 0 Å². The van der Waals surface area contributed by atoms with Crippen LogP contribution in [0, 0.1) is 5.92 Å². The van der Waals surface area contributed by atoms with Crippen molar-refractivity contribution in [2.75, 3.05) is 0 Å². The van der Waals surface area contributed by atoms with Crippen LogP contribution < -0.4 is 10.1 Å². The van der Waals surface area contributed by atoms with E-state index in [1.807, 2.05) is 26.0 Å². The van der Waals surface area contributed by atoms with Gasteiger partial charge >= 0.3 is 0 Å². The lowest BCUT2D eigenvalue weighted by Crippen LogP contribution is -2.44. The fraction of sp³-hybridized carbons (Fsp3) is 0.632. The van der Waals surface area contributed by atoms with E-state index in [0.717, 1.165) is 5.75 Å². The maximum atomic E-state index is 12.3. The fourth-order valence-corrected chi connectivity index (χ4v) is 2.00. The van der Waals surface area contributed by atoms with E-state index in [2.05, 4.69) is 52.1 Å². The molecular weight excluding hydrogens is 274 g/mol. The van der Waals surface area contributed by atoms with Crippen LogP contribution in [0.3, 0.4) is 0 Å². The quantitative estimate of drug-likeness (QED) is 0.851. The van der Waals surface area contributed by atoms with Crippen LogP contribution in [0.4, 0.5) is 0 Å². The number of hydrogen-bond donors (Lipinski definition) is 1. The van der Waals surface area contributed by atoms with Gasteiger partial charge in [-0.15, -0.1) is 0 Å². The summed E-state index contributed by atoms with van der Waals surface area (Å²) in [5.41, 5.74) is 1.37. The number of carbonyl (C=O) groups excluding carboxylic acids is 1. The molecule has 1 aromatic carbocycles. The zero-order valence-corrected chi connectivity index (χ0v) is 15.1. The van der Waals surface area contributed by atoms with E-state index in [1.54, 1.807) is 0 Å². The topological polar surface area (TPSA) is 38.3 Å². The molecule has 2 atom stereocenters. The van der Waals surface area contributed by atoms with Crippen molar-refractivity contribution in [1.82, 2.24) is 5.32 Å². The molecule has 0 saturated heterocycles. The average Bonchev–Trinajstić information content (AvgIpc) is 2.43. The first-order valence-electron chi connectivity index (χ1n) is 8.22. The zero-order valence-electron chi connectivity index (χ0n) is 15.1. The second-order valence-electron chi connectivity index (χ2n) is 7.33. The Bertz CT molecular complexity index is 471. The van der Waals surface area contributed by atoms with E-state index < -0.39 is 6.10 Å². The molecule has 0 bridgehead atoms. The van der Waals surface area contributed by atoms with Gasteiger partial charge < -0.3 is 10.1 Å². The molecule has 0 aliphatic carbocycles. The van der Waals surface area contributed by atoms with Crippen molar-refractivity contribution in [3.8, 4) is 5.75 Å². The second-order valence-corrected chi connectivity index (χ2v) is 7.33. The molecule has 1 amide bonds. The van der Waals surface area contributed by atoms with Crippen LogP contribution in [0.1, 0.15) is 60.5 Å². The normalized spacial score (nSPS) is 14.5. The van der Waals surface area contributed by atoms with E-state index in [0.29, 0.717) is 12.3 Å². The molecule has 0 saturated carbocycles. The summed E-state index contributed by atoms with van der Waals surface area (Å²) in [6, 6.07) is 8.17. The van der Waals surface area contributed by atoms with Crippen molar-refractivity contribution < 1.29 is 9.53 Å². The van der Waals surface area contributed by atoms with E-state index in [4.69, 9.17) is 4.74 Å². The highest BCUT2D eigenvalue weighted by Gasteiger charge is 2.21. The van der Waals surface area contributed by atoms with Crippen LogP contribution in [0.25, 0.3) is 0 Å². The number of ether oxygens (including phenoxy) is 1. The maximum Gasteiger partial charge on any atom is 0.261 e. The van der Waals surface area contributed by atoms with Gasteiger partial charge in [-0.3, -0.25) is 4.79 Å². The Hall–Kier alpha value is -1.51. The van der Waals surface area contributed by atoms with Gasteiger partial charge in [0.1, 0.15) is 5.75 Å². The molecule has 1 rings (SSSR count). The van der Waals surface area contributed by atoms with Crippen LogP contribution in [0.2, 0.25) is 0 Å². The minimum absolute atomic E-state index is 0.0383. The highest BCUT2D eigenvalue weighted by Crippen LogP contribution is 2.24. The van der Waals surface area contributed by atoms with Crippen LogP contribution in [-0.4, -0.2) is 18.1 Å². The van der Waals surface area contributed by atoms with Gasteiger partial charge in [0, 0.05) is 6.04 Å². The summed E-state index contributed by atoms with van der Waals surface area (Å²) in [6.45, 7) is 14.7.